The molecule has 0 fully saturated rings. The van der Waals surface area contributed by atoms with E-state index in [1.54, 1.807) is 0 Å². The Morgan fingerprint density at radius 2 is 0.500 bits per heavy atom. The SMILES string of the molecule is I.O.O.O.O.[Fe]. The van der Waals surface area contributed by atoms with Crippen molar-refractivity contribution in [2.75, 3.05) is 0 Å². The first-order valence-electron chi connectivity index (χ1n) is 0. The summed E-state index contributed by atoms with van der Waals surface area (Å²) in [6, 6.07) is 0. The van der Waals surface area contributed by atoms with Gasteiger partial charge in [-0.15, -0.1) is 24.0 Å². The second-order valence-electron chi connectivity index (χ2n) is 0. The molecular formula is H9FeIO4. The smallest absolute Gasteiger partial charge is 0 e. The number of hydrogen-bond donors (Lipinski definition) is 0. The summed E-state index contributed by atoms with van der Waals surface area (Å²) in [6.07, 6.45) is 0. The molecule has 0 heterocycles. The molecule has 0 spiro atoms. The first kappa shape index (κ1) is 221. The molecule has 0 aliphatic rings. The summed E-state index contributed by atoms with van der Waals surface area (Å²) in [5, 5.41) is 0. The van der Waals surface area contributed by atoms with Gasteiger partial charge < -0.3 is 21.9 Å². The van der Waals surface area contributed by atoms with Gasteiger partial charge in [-0.25, -0.2) is 0 Å². The predicted molar refractivity (Wildman–Crippen MR) is 29.9 cm³/mol. The van der Waals surface area contributed by atoms with E-state index >= 15 is 0 Å². The minimum absolute atomic E-state index is 0. The molecule has 8 N–H and O–H groups in total. The third-order valence-corrected chi connectivity index (χ3v) is 0. The van der Waals surface area contributed by atoms with Crippen LogP contribution in [-0.4, -0.2) is 21.9 Å². The third kappa shape index (κ3) is 71.7. The van der Waals surface area contributed by atoms with Gasteiger partial charge in [-0.05, 0) is 0 Å². The molecule has 0 saturated carbocycles. The van der Waals surface area contributed by atoms with Gasteiger partial charge in [0.25, 0.3) is 0 Å². The Labute approximate surface area is 63.0 Å². The molecule has 0 bridgehead atoms. The molecule has 4 nitrogen and oxygen atoms in total. The first-order chi connectivity index (χ1) is 0. The molecule has 0 aliphatic heterocycles. The number of halogens is 1. The molecule has 0 radical (unpaired) electrons. The van der Waals surface area contributed by atoms with E-state index < -0.39 is 0 Å². The van der Waals surface area contributed by atoms with Crippen LogP contribution in [0.25, 0.3) is 0 Å². The predicted octanol–water partition coefficient (Wildman–Crippen LogP) is -2.68. The average Bonchev–Trinajstić information content (AvgIpc) is 0. The molecule has 6 heavy (non-hydrogen) atoms. The average molecular weight is 256 g/mol. The fraction of sp³-hybridized carbons (Fsp3) is 0. The van der Waals surface area contributed by atoms with Crippen LogP contribution in [0.5, 0.6) is 0 Å². The maximum absolute atomic E-state index is 0. The second kappa shape index (κ2) is 133. The Kier molecular flexibility index (Phi) is 4910. The monoisotopic (exact) mass is 256 g/mol. The Balaban J connectivity index is 0. The van der Waals surface area contributed by atoms with Crippen LogP contribution in [0, 0.1) is 0 Å². The van der Waals surface area contributed by atoms with Crippen LogP contribution in [0.1, 0.15) is 0 Å². The van der Waals surface area contributed by atoms with Crippen molar-refractivity contribution in [2.45, 2.75) is 0 Å². The molecule has 0 rings (SSSR count). The van der Waals surface area contributed by atoms with Gasteiger partial charge in [0.2, 0.25) is 0 Å². The van der Waals surface area contributed by atoms with Crippen molar-refractivity contribution in [3.8, 4) is 0 Å². The maximum atomic E-state index is 0. The van der Waals surface area contributed by atoms with Crippen LogP contribution >= 0.6 is 24.0 Å². The maximum Gasteiger partial charge on any atom is 0 e. The standard InChI is InChI=1S/Fe.HI.4H2O/h;1H;4*1H2. The fourth-order valence-electron chi connectivity index (χ4n) is 0. The van der Waals surface area contributed by atoms with Gasteiger partial charge in [0.1, 0.15) is 0 Å². The van der Waals surface area contributed by atoms with Crippen molar-refractivity contribution in [1.29, 1.82) is 0 Å². The van der Waals surface area contributed by atoms with Crippen molar-refractivity contribution in [3.05, 3.63) is 0 Å². The van der Waals surface area contributed by atoms with E-state index in [9.17, 15) is 0 Å². The third-order valence-electron chi connectivity index (χ3n) is 0. The quantitative estimate of drug-likeness (QED) is 0.330. The Hall–Kier alpha value is 1.09. The van der Waals surface area contributed by atoms with E-state index in [0.717, 1.165) is 0 Å². The van der Waals surface area contributed by atoms with E-state index in [0.29, 0.717) is 0 Å². The molecule has 0 aromatic rings. The summed E-state index contributed by atoms with van der Waals surface area (Å²) in [5.74, 6) is 0. The molecule has 0 atom stereocenters. The zero-order valence-electron chi connectivity index (χ0n) is 2.76. The van der Waals surface area contributed by atoms with Gasteiger partial charge in [0.05, 0.1) is 0 Å². The summed E-state index contributed by atoms with van der Waals surface area (Å²) in [6.45, 7) is 0. The van der Waals surface area contributed by atoms with Crippen molar-refractivity contribution >= 4 is 24.0 Å². The summed E-state index contributed by atoms with van der Waals surface area (Å²) >= 11 is 0. The van der Waals surface area contributed by atoms with Gasteiger partial charge in [-0.1, -0.05) is 0 Å². The van der Waals surface area contributed by atoms with Crippen LogP contribution in [0.3, 0.4) is 0 Å². The summed E-state index contributed by atoms with van der Waals surface area (Å²) in [5.41, 5.74) is 0. The van der Waals surface area contributed by atoms with Crippen molar-refractivity contribution in [3.63, 3.8) is 0 Å². The summed E-state index contributed by atoms with van der Waals surface area (Å²) in [7, 11) is 0. The molecule has 0 aromatic heterocycles. The van der Waals surface area contributed by atoms with Gasteiger partial charge >= 0.3 is 0 Å². The molecule has 0 unspecified atom stereocenters. The minimum atomic E-state index is 0. The van der Waals surface area contributed by atoms with Crippen LogP contribution in [0.15, 0.2) is 0 Å². The molecule has 6 heteroatoms. The van der Waals surface area contributed by atoms with Crippen LogP contribution < -0.4 is 0 Å². The van der Waals surface area contributed by atoms with E-state index in [-0.39, 0.29) is 63.0 Å². The zero-order valence-corrected chi connectivity index (χ0v) is 6.20. The molecule has 0 amide bonds. The molecule has 0 aromatic carbocycles. The van der Waals surface area contributed by atoms with Gasteiger partial charge in [0.15, 0.2) is 0 Å². The molecule has 48 valence electrons. The normalized spacial score (nSPS) is 0. The fourth-order valence-corrected chi connectivity index (χ4v) is 0. The van der Waals surface area contributed by atoms with E-state index in [1.165, 1.54) is 0 Å². The second-order valence-corrected chi connectivity index (χ2v) is 0. The Bertz CT molecular complexity index is 7.51. The van der Waals surface area contributed by atoms with Crippen LogP contribution in [0.4, 0.5) is 0 Å². The zero-order chi connectivity index (χ0) is 0. The van der Waals surface area contributed by atoms with Crippen LogP contribution in [-0.2, 0) is 17.1 Å². The summed E-state index contributed by atoms with van der Waals surface area (Å²) in [4.78, 5) is 0. The molecule has 0 saturated heterocycles. The minimum Gasteiger partial charge on any atom is -0.412 e. The first-order valence-corrected chi connectivity index (χ1v) is 0. The van der Waals surface area contributed by atoms with Crippen molar-refractivity contribution < 1.29 is 39.0 Å². The topological polar surface area (TPSA) is 126 Å². The molecule has 0 aliphatic carbocycles. The molecular weight excluding hydrogens is 247 g/mol. The van der Waals surface area contributed by atoms with Crippen molar-refractivity contribution in [1.82, 2.24) is 0 Å². The van der Waals surface area contributed by atoms with E-state index in [4.69, 9.17) is 0 Å². The van der Waals surface area contributed by atoms with Gasteiger partial charge in [-0.2, -0.15) is 0 Å². The largest absolute Gasteiger partial charge is 0.412 e. The summed E-state index contributed by atoms with van der Waals surface area (Å²) < 4.78 is 0. The Morgan fingerprint density at radius 1 is 0.500 bits per heavy atom. The van der Waals surface area contributed by atoms with Gasteiger partial charge in [0, 0.05) is 17.1 Å². The van der Waals surface area contributed by atoms with E-state index in [1.807, 2.05) is 0 Å². The Morgan fingerprint density at radius 3 is 0.500 bits per heavy atom. The number of rotatable bonds is 0. The van der Waals surface area contributed by atoms with Crippen molar-refractivity contribution in [2.24, 2.45) is 0 Å². The van der Waals surface area contributed by atoms with Gasteiger partial charge in [-0.3, -0.25) is 0 Å². The number of hydrogen-bond acceptors (Lipinski definition) is 0. The van der Waals surface area contributed by atoms with Crippen LogP contribution in [0.2, 0.25) is 0 Å². The van der Waals surface area contributed by atoms with E-state index in [2.05, 4.69) is 0 Å².